The Morgan fingerprint density at radius 2 is 1.12 bits per heavy atom. The van der Waals surface area contributed by atoms with E-state index in [0.717, 1.165) is 39.5 Å². The van der Waals surface area contributed by atoms with E-state index < -0.39 is 30.1 Å². The molecule has 0 spiro atoms. The topological polar surface area (TPSA) is 150 Å². The first-order chi connectivity index (χ1) is 28.6. The lowest BCUT2D eigenvalue weighted by Gasteiger charge is -2.30. The Balaban J connectivity index is 1.24. The molecule has 6 aromatic rings. The van der Waals surface area contributed by atoms with Gasteiger partial charge in [-0.05, 0) is 47.4 Å². The van der Waals surface area contributed by atoms with Crippen molar-refractivity contribution < 1.29 is 38.7 Å². The maximum absolute atomic E-state index is 13.1. The van der Waals surface area contributed by atoms with E-state index in [0.29, 0.717) is 17.2 Å². The number of carbonyl (C=O) groups excluding carboxylic acids is 2. The summed E-state index contributed by atoms with van der Waals surface area (Å²) in [7, 11) is 0. The van der Waals surface area contributed by atoms with Gasteiger partial charge < -0.3 is 29.2 Å². The van der Waals surface area contributed by atoms with E-state index in [4.69, 9.17) is 33.9 Å². The van der Waals surface area contributed by atoms with Gasteiger partial charge in [0.1, 0.15) is 37.1 Å². The van der Waals surface area contributed by atoms with Gasteiger partial charge in [0.15, 0.2) is 23.6 Å². The maximum atomic E-state index is 13.1. The Morgan fingerprint density at radius 1 is 0.644 bits per heavy atom. The number of phenols is 1. The molecule has 0 aliphatic heterocycles. The lowest BCUT2D eigenvalue weighted by atomic mass is 9.92. The first-order valence-electron chi connectivity index (χ1n) is 18.7. The van der Waals surface area contributed by atoms with Gasteiger partial charge in [-0.3, -0.25) is 0 Å². The molecule has 1 heterocycles. The van der Waals surface area contributed by atoms with Crippen molar-refractivity contribution in [1.29, 1.82) is 0 Å². The molecule has 0 aliphatic rings. The Bertz CT molecular complexity index is 2290. The van der Waals surface area contributed by atoms with Crippen LogP contribution in [-0.2, 0) is 23.8 Å². The number of carbonyl (C=O) groups is 2. The molecule has 2 N–H and O–H groups in total. The molecular weight excluding hydrogens is 747 g/mol. The molecule has 2 unspecified atom stereocenters. The number of aliphatic hydroxyl groups excluding tert-OH is 1. The molecule has 0 amide bonds. The second-order valence-corrected chi connectivity index (χ2v) is 13.7. The lowest BCUT2D eigenvalue weighted by Crippen LogP contribution is -2.43. The summed E-state index contributed by atoms with van der Waals surface area (Å²) in [5.41, 5.74) is 4.73. The average Bonchev–Trinajstić information content (AvgIpc) is 3.29. The van der Waals surface area contributed by atoms with E-state index in [1.807, 2.05) is 109 Å². The highest BCUT2D eigenvalue weighted by atomic mass is 16.6. The van der Waals surface area contributed by atoms with E-state index in [1.54, 1.807) is 12.1 Å². The van der Waals surface area contributed by atoms with E-state index >= 15 is 0 Å². The molecule has 0 saturated carbocycles. The van der Waals surface area contributed by atoms with Crippen molar-refractivity contribution in [2.24, 2.45) is 5.41 Å². The number of hydrogen-bond donors (Lipinski definition) is 2. The Morgan fingerprint density at radius 3 is 1.61 bits per heavy atom. The van der Waals surface area contributed by atoms with Gasteiger partial charge in [0.25, 0.3) is 0 Å². The summed E-state index contributed by atoms with van der Waals surface area (Å²) in [6.07, 6.45) is 1.20. The van der Waals surface area contributed by atoms with Crippen LogP contribution in [0.25, 0.3) is 56.4 Å². The van der Waals surface area contributed by atoms with Gasteiger partial charge in [-0.1, -0.05) is 129 Å². The number of aromatic hydroxyl groups is 1. The third-order valence-electron chi connectivity index (χ3n) is 9.33. The number of nitrogens with zero attached hydrogens (tertiary/aromatic N) is 3. The molecule has 11 heteroatoms. The molecule has 11 nitrogen and oxygen atoms in total. The Kier molecular flexibility index (Phi) is 13.4. The number of aromatic nitrogens is 3. The quantitative estimate of drug-likeness (QED) is 0.0373. The molecule has 0 saturated heterocycles. The summed E-state index contributed by atoms with van der Waals surface area (Å²) in [5.74, 6) is -0.299. The number of esters is 2. The SMILES string of the molecule is C=CC(=C)OCC(CO)(COC(=O)C=C)COC(=O)C(C)Oc1ccc(-c2nc(-c3ccc(-c4ccccc4)cc3)nc(-c3ccc(-c4ccccc4)cc3)n2)c(O)c1. The molecule has 1 aromatic heterocycles. The molecular formula is C48H43N3O8. The number of allylic oxidation sites excluding steroid dienone is 1. The highest BCUT2D eigenvalue weighted by molar-refractivity contribution is 5.81. The maximum Gasteiger partial charge on any atom is 0.347 e. The van der Waals surface area contributed by atoms with Gasteiger partial charge in [-0.2, -0.15) is 0 Å². The number of hydrogen-bond acceptors (Lipinski definition) is 11. The zero-order valence-electron chi connectivity index (χ0n) is 32.5. The smallest absolute Gasteiger partial charge is 0.347 e. The van der Waals surface area contributed by atoms with Crippen molar-refractivity contribution in [3.8, 4) is 67.9 Å². The Labute approximate surface area is 342 Å². The van der Waals surface area contributed by atoms with Crippen molar-refractivity contribution in [3.05, 3.63) is 165 Å². The van der Waals surface area contributed by atoms with Gasteiger partial charge in [0.2, 0.25) is 0 Å². The number of benzene rings is 5. The fraction of sp³-hybridized carbons (Fsp3) is 0.146. The number of aliphatic hydroxyl groups is 1. The molecule has 2 atom stereocenters. The highest BCUT2D eigenvalue weighted by Gasteiger charge is 2.35. The lowest BCUT2D eigenvalue weighted by molar-refractivity contribution is -0.162. The van der Waals surface area contributed by atoms with Crippen LogP contribution in [0.5, 0.6) is 11.5 Å². The van der Waals surface area contributed by atoms with Crippen LogP contribution in [-0.4, -0.2) is 69.6 Å². The van der Waals surface area contributed by atoms with E-state index in [9.17, 15) is 19.8 Å². The minimum atomic E-state index is -1.32. The van der Waals surface area contributed by atoms with Crippen molar-refractivity contribution >= 4 is 11.9 Å². The van der Waals surface area contributed by atoms with E-state index in [-0.39, 0.29) is 42.9 Å². The predicted octanol–water partition coefficient (Wildman–Crippen LogP) is 8.65. The second kappa shape index (κ2) is 19.2. The Hall–Kier alpha value is -7.37. The monoisotopic (exact) mass is 789 g/mol. The fourth-order valence-corrected chi connectivity index (χ4v) is 5.86. The summed E-state index contributed by atoms with van der Waals surface area (Å²) >= 11 is 0. The van der Waals surface area contributed by atoms with E-state index in [1.165, 1.54) is 19.1 Å². The fourth-order valence-electron chi connectivity index (χ4n) is 5.86. The van der Waals surface area contributed by atoms with Gasteiger partial charge in [-0.25, -0.2) is 24.5 Å². The zero-order chi connectivity index (χ0) is 41.8. The minimum absolute atomic E-state index is 0.164. The molecule has 5 aromatic carbocycles. The average molecular weight is 790 g/mol. The van der Waals surface area contributed by atoms with Gasteiger partial charge in [0, 0.05) is 23.3 Å². The van der Waals surface area contributed by atoms with Crippen LogP contribution in [0.3, 0.4) is 0 Å². The predicted molar refractivity (Wildman–Crippen MR) is 226 cm³/mol. The summed E-state index contributed by atoms with van der Waals surface area (Å²) in [4.78, 5) is 39.3. The van der Waals surface area contributed by atoms with Crippen LogP contribution >= 0.6 is 0 Å². The number of phenolic OH excluding ortho intramolecular Hbond substituents is 1. The summed E-state index contributed by atoms with van der Waals surface area (Å²) in [6.45, 7) is 10.6. The first kappa shape index (κ1) is 41.3. The van der Waals surface area contributed by atoms with Gasteiger partial charge in [0.05, 0.1) is 17.6 Å². The van der Waals surface area contributed by atoms with Crippen LogP contribution in [0.4, 0.5) is 0 Å². The minimum Gasteiger partial charge on any atom is -0.507 e. The van der Waals surface area contributed by atoms with Crippen molar-refractivity contribution in [2.45, 2.75) is 13.0 Å². The first-order valence-corrected chi connectivity index (χ1v) is 18.7. The summed E-state index contributed by atoms with van der Waals surface area (Å²) in [5, 5.41) is 21.6. The molecule has 0 fully saturated rings. The zero-order valence-corrected chi connectivity index (χ0v) is 32.5. The molecule has 59 heavy (non-hydrogen) atoms. The summed E-state index contributed by atoms with van der Waals surface area (Å²) < 4.78 is 22.0. The van der Waals surface area contributed by atoms with Crippen molar-refractivity contribution in [1.82, 2.24) is 15.0 Å². The third-order valence-corrected chi connectivity index (χ3v) is 9.33. The third kappa shape index (κ3) is 10.5. The van der Waals surface area contributed by atoms with Crippen LogP contribution in [0.2, 0.25) is 0 Å². The van der Waals surface area contributed by atoms with Crippen LogP contribution in [0.15, 0.2) is 165 Å². The van der Waals surface area contributed by atoms with E-state index in [2.05, 4.69) is 19.7 Å². The van der Waals surface area contributed by atoms with Crippen LogP contribution < -0.4 is 4.74 Å². The molecule has 0 aliphatic carbocycles. The number of rotatable bonds is 18. The largest absolute Gasteiger partial charge is 0.507 e. The normalized spacial score (nSPS) is 12.3. The van der Waals surface area contributed by atoms with Gasteiger partial charge >= 0.3 is 11.9 Å². The molecule has 0 radical (unpaired) electrons. The number of ether oxygens (including phenoxy) is 4. The molecule has 298 valence electrons. The van der Waals surface area contributed by atoms with Crippen LogP contribution in [0.1, 0.15) is 6.92 Å². The highest BCUT2D eigenvalue weighted by Crippen LogP contribution is 2.34. The van der Waals surface area contributed by atoms with Gasteiger partial charge in [-0.15, -0.1) is 0 Å². The summed E-state index contributed by atoms with van der Waals surface area (Å²) in [6, 6.07) is 40.4. The second-order valence-electron chi connectivity index (χ2n) is 13.7. The standard InChI is InChI=1S/C48H43N3O8/c1-5-32(3)56-29-48(28-52,30-57-43(54)6-2)31-58-47(55)33(4)59-40-25-26-41(42(53)27-40)46-50-44(38-21-17-36(18-22-38)34-13-9-7-10-14-34)49-45(51-46)39-23-19-37(20-24-39)35-15-11-8-12-16-35/h5-27,33,52-53H,1-3,28-31H2,4H3. The van der Waals surface area contributed by atoms with Crippen molar-refractivity contribution in [2.75, 3.05) is 26.4 Å². The molecule has 0 bridgehead atoms. The van der Waals surface area contributed by atoms with Crippen molar-refractivity contribution in [3.63, 3.8) is 0 Å². The molecule has 6 rings (SSSR count). The van der Waals surface area contributed by atoms with Crippen LogP contribution in [0, 0.1) is 5.41 Å².